The molecule has 78 valence electrons. The Morgan fingerprint density at radius 2 is 1.86 bits per heavy atom. The third-order valence-corrected chi connectivity index (χ3v) is 2.15. The number of alkyl halides is 1. The number of hydrogen-bond acceptors (Lipinski definition) is 1. The number of benzene rings is 1. The Kier molecular flexibility index (Phi) is 8.62. The van der Waals surface area contributed by atoms with Crippen LogP contribution in [0.4, 0.5) is 0 Å². The first-order valence-electron chi connectivity index (χ1n) is 4.69. The first-order valence-corrected chi connectivity index (χ1v) is 6.22. The lowest BCUT2D eigenvalue weighted by Crippen LogP contribution is -2.23. The molecule has 0 fully saturated rings. The molecule has 1 aromatic rings. The topological polar surface area (TPSA) is 29.1 Å². The average molecular weight is 305 g/mol. The number of halogens is 1. The van der Waals surface area contributed by atoms with Crippen molar-refractivity contribution in [1.29, 1.82) is 0 Å². The van der Waals surface area contributed by atoms with Gasteiger partial charge in [0.2, 0.25) is 5.91 Å². The summed E-state index contributed by atoms with van der Waals surface area (Å²) in [6.07, 6.45) is 0. The maximum absolute atomic E-state index is 10.9. The van der Waals surface area contributed by atoms with Gasteiger partial charge in [-0.1, -0.05) is 66.8 Å². The molecule has 0 aliphatic rings. The second-order valence-corrected chi connectivity index (χ2v) is 3.16. The van der Waals surface area contributed by atoms with Gasteiger partial charge in [0.15, 0.2) is 0 Å². The van der Waals surface area contributed by atoms with E-state index >= 15 is 0 Å². The van der Waals surface area contributed by atoms with E-state index in [-0.39, 0.29) is 5.91 Å². The first kappa shape index (κ1) is 13.4. The molecule has 0 radical (unpaired) electrons. The van der Waals surface area contributed by atoms with Crippen LogP contribution in [0.1, 0.15) is 19.4 Å². The Morgan fingerprint density at radius 3 is 2.36 bits per heavy atom. The highest BCUT2D eigenvalue weighted by atomic mass is 127. The van der Waals surface area contributed by atoms with Gasteiger partial charge in [0.1, 0.15) is 0 Å². The highest BCUT2D eigenvalue weighted by Gasteiger charge is 1.96. The summed E-state index contributed by atoms with van der Waals surface area (Å²) in [5, 5.41) is 2.80. The standard InChI is InChI=1S/C9H10INO.C2H6/c10-6-9(12)11-7-8-4-2-1-3-5-8;1-2/h1-5H,6-7H2,(H,11,12);1-2H3. The molecule has 0 aromatic heterocycles. The Labute approximate surface area is 99.2 Å². The van der Waals surface area contributed by atoms with E-state index in [1.54, 1.807) is 0 Å². The summed E-state index contributed by atoms with van der Waals surface area (Å²) in [5.41, 5.74) is 1.13. The quantitative estimate of drug-likeness (QED) is 0.675. The van der Waals surface area contributed by atoms with Crippen LogP contribution in [-0.4, -0.2) is 10.3 Å². The molecule has 1 aromatic carbocycles. The zero-order valence-electron chi connectivity index (χ0n) is 8.59. The van der Waals surface area contributed by atoms with E-state index in [1.165, 1.54) is 0 Å². The van der Waals surface area contributed by atoms with Gasteiger partial charge in [-0.25, -0.2) is 0 Å². The van der Waals surface area contributed by atoms with Crippen LogP contribution in [0, 0.1) is 0 Å². The highest BCUT2D eigenvalue weighted by molar-refractivity contribution is 14.1. The van der Waals surface area contributed by atoms with Crippen molar-refractivity contribution in [2.75, 3.05) is 4.43 Å². The Hall–Kier alpha value is -0.580. The lowest BCUT2D eigenvalue weighted by Gasteiger charge is -2.01. The number of carbonyl (C=O) groups excluding carboxylic acids is 1. The molecule has 1 N–H and O–H groups in total. The van der Waals surface area contributed by atoms with Crippen LogP contribution in [0.25, 0.3) is 0 Å². The monoisotopic (exact) mass is 305 g/mol. The van der Waals surface area contributed by atoms with E-state index in [4.69, 9.17) is 0 Å². The molecule has 1 rings (SSSR count). The van der Waals surface area contributed by atoms with Crippen LogP contribution in [0.3, 0.4) is 0 Å². The van der Waals surface area contributed by atoms with Crippen LogP contribution in [0.5, 0.6) is 0 Å². The minimum Gasteiger partial charge on any atom is -0.351 e. The van der Waals surface area contributed by atoms with Crippen molar-refractivity contribution in [3.8, 4) is 0 Å². The van der Waals surface area contributed by atoms with Gasteiger partial charge < -0.3 is 5.32 Å². The van der Waals surface area contributed by atoms with E-state index in [1.807, 2.05) is 66.8 Å². The summed E-state index contributed by atoms with van der Waals surface area (Å²) in [4.78, 5) is 10.9. The van der Waals surface area contributed by atoms with Crippen molar-refractivity contribution in [3.63, 3.8) is 0 Å². The molecule has 3 heteroatoms. The van der Waals surface area contributed by atoms with Gasteiger partial charge in [-0.3, -0.25) is 4.79 Å². The van der Waals surface area contributed by atoms with Gasteiger partial charge >= 0.3 is 0 Å². The molecule has 0 atom stereocenters. The molecule has 1 amide bonds. The molecule has 0 heterocycles. The molecule has 0 spiro atoms. The SMILES string of the molecule is CC.O=C(CI)NCc1ccccc1. The summed E-state index contributed by atoms with van der Waals surface area (Å²) in [5.74, 6) is 0.0828. The molecular weight excluding hydrogens is 289 g/mol. The van der Waals surface area contributed by atoms with Crippen molar-refractivity contribution in [2.45, 2.75) is 20.4 Å². The van der Waals surface area contributed by atoms with Crippen molar-refractivity contribution in [3.05, 3.63) is 35.9 Å². The van der Waals surface area contributed by atoms with E-state index in [2.05, 4.69) is 5.32 Å². The maximum atomic E-state index is 10.9. The zero-order valence-corrected chi connectivity index (χ0v) is 10.7. The van der Waals surface area contributed by atoms with Gasteiger partial charge in [0, 0.05) is 6.54 Å². The average Bonchev–Trinajstić information content (AvgIpc) is 2.30. The minimum absolute atomic E-state index is 0.0828. The Bertz CT molecular complexity index is 249. The lowest BCUT2D eigenvalue weighted by molar-refractivity contribution is -0.118. The molecule has 0 saturated carbocycles. The fourth-order valence-electron chi connectivity index (χ4n) is 0.844. The fraction of sp³-hybridized carbons (Fsp3) is 0.364. The summed E-state index contributed by atoms with van der Waals surface area (Å²) < 4.78 is 0.518. The van der Waals surface area contributed by atoms with E-state index in [9.17, 15) is 4.79 Å². The van der Waals surface area contributed by atoms with Crippen molar-refractivity contribution in [1.82, 2.24) is 5.32 Å². The fourth-order valence-corrected chi connectivity index (χ4v) is 1.11. The van der Waals surface area contributed by atoms with Crippen molar-refractivity contribution >= 4 is 28.5 Å². The Balaban J connectivity index is 0.000000791. The lowest BCUT2D eigenvalue weighted by atomic mass is 10.2. The molecular formula is C11H16INO. The van der Waals surface area contributed by atoms with E-state index in [0.29, 0.717) is 11.0 Å². The second-order valence-electron chi connectivity index (χ2n) is 2.40. The number of hydrogen-bond donors (Lipinski definition) is 1. The van der Waals surface area contributed by atoms with E-state index in [0.717, 1.165) is 5.56 Å². The van der Waals surface area contributed by atoms with Gasteiger partial charge in [-0.15, -0.1) is 0 Å². The third-order valence-electron chi connectivity index (χ3n) is 1.45. The molecule has 0 saturated heterocycles. The highest BCUT2D eigenvalue weighted by Crippen LogP contribution is 1.97. The van der Waals surface area contributed by atoms with Gasteiger partial charge in [0.05, 0.1) is 4.43 Å². The summed E-state index contributed by atoms with van der Waals surface area (Å²) in [6.45, 7) is 4.63. The molecule has 0 unspecified atom stereocenters. The number of carbonyl (C=O) groups is 1. The van der Waals surface area contributed by atoms with Crippen LogP contribution in [0.2, 0.25) is 0 Å². The zero-order chi connectivity index (χ0) is 10.8. The predicted molar refractivity (Wildman–Crippen MR) is 68.5 cm³/mol. The van der Waals surface area contributed by atoms with Crippen LogP contribution >= 0.6 is 22.6 Å². The van der Waals surface area contributed by atoms with Gasteiger partial charge in [-0.2, -0.15) is 0 Å². The Morgan fingerprint density at radius 1 is 1.29 bits per heavy atom. The number of amides is 1. The van der Waals surface area contributed by atoms with Gasteiger partial charge in [-0.05, 0) is 5.56 Å². The predicted octanol–water partition coefficient (Wildman–Crippen LogP) is 2.76. The molecule has 0 aliphatic heterocycles. The third kappa shape index (κ3) is 5.96. The molecule has 2 nitrogen and oxygen atoms in total. The smallest absolute Gasteiger partial charge is 0.230 e. The molecule has 0 aliphatic carbocycles. The summed E-state index contributed by atoms with van der Waals surface area (Å²) in [6, 6.07) is 9.88. The van der Waals surface area contributed by atoms with Gasteiger partial charge in [0.25, 0.3) is 0 Å². The summed E-state index contributed by atoms with van der Waals surface area (Å²) >= 11 is 2.04. The number of nitrogens with one attached hydrogen (secondary N) is 1. The van der Waals surface area contributed by atoms with Crippen molar-refractivity contribution in [2.24, 2.45) is 0 Å². The maximum Gasteiger partial charge on any atom is 0.230 e. The first-order chi connectivity index (χ1) is 6.83. The summed E-state index contributed by atoms with van der Waals surface area (Å²) in [7, 11) is 0. The largest absolute Gasteiger partial charge is 0.351 e. The van der Waals surface area contributed by atoms with Crippen LogP contribution in [-0.2, 0) is 11.3 Å². The van der Waals surface area contributed by atoms with Crippen LogP contribution < -0.4 is 5.32 Å². The number of rotatable bonds is 3. The van der Waals surface area contributed by atoms with Crippen LogP contribution in [0.15, 0.2) is 30.3 Å². The van der Waals surface area contributed by atoms with Crippen molar-refractivity contribution < 1.29 is 4.79 Å². The molecule has 0 bridgehead atoms. The minimum atomic E-state index is 0.0828. The van der Waals surface area contributed by atoms with E-state index < -0.39 is 0 Å². The molecule has 14 heavy (non-hydrogen) atoms. The normalized spacial score (nSPS) is 8.50. The second kappa shape index (κ2) is 8.99.